The van der Waals surface area contributed by atoms with Gasteiger partial charge in [0, 0.05) is 5.56 Å². The van der Waals surface area contributed by atoms with Crippen molar-refractivity contribution < 1.29 is 36.3 Å². The van der Waals surface area contributed by atoms with Gasteiger partial charge in [-0.3, -0.25) is 4.79 Å². The number of alkyl halides is 2. The molecule has 1 unspecified atom stereocenters. The van der Waals surface area contributed by atoms with Gasteiger partial charge in [-0.2, -0.15) is 8.78 Å². The van der Waals surface area contributed by atoms with Crippen LogP contribution in [0.1, 0.15) is 27.6 Å². The van der Waals surface area contributed by atoms with Crippen molar-refractivity contribution in [3.05, 3.63) is 89.5 Å². The number of benzene rings is 3. The molecule has 178 valence electrons. The van der Waals surface area contributed by atoms with Gasteiger partial charge in [0.2, 0.25) is 15.9 Å². The first-order chi connectivity index (χ1) is 16.1. The number of nitrogens with one attached hydrogen (secondary N) is 1. The first kappa shape index (κ1) is 24.8. The van der Waals surface area contributed by atoms with Gasteiger partial charge in [0.15, 0.2) is 0 Å². The van der Waals surface area contributed by atoms with Crippen LogP contribution in [0.3, 0.4) is 0 Å². The zero-order valence-corrected chi connectivity index (χ0v) is 19.0. The molecule has 3 rings (SSSR count). The minimum absolute atomic E-state index is 0.116. The van der Waals surface area contributed by atoms with E-state index in [0.29, 0.717) is 17.0 Å². The lowest BCUT2D eigenvalue weighted by molar-refractivity contribution is -0.125. The van der Waals surface area contributed by atoms with Gasteiger partial charge >= 0.3 is 11.7 Å². The van der Waals surface area contributed by atoms with E-state index in [0.717, 1.165) is 29.8 Å². The molecule has 3 aromatic carbocycles. The summed E-state index contributed by atoms with van der Waals surface area (Å²) in [6.07, 6.45) is -1.36. The average Bonchev–Trinajstić information content (AvgIpc) is 2.83. The van der Waals surface area contributed by atoms with Crippen LogP contribution in [0.4, 0.5) is 14.5 Å². The monoisotopic (exact) mass is 489 g/mol. The van der Waals surface area contributed by atoms with E-state index in [1.807, 2.05) is 6.92 Å². The van der Waals surface area contributed by atoms with Crippen LogP contribution >= 0.6 is 0 Å². The quantitative estimate of drug-likeness (QED) is 0.467. The summed E-state index contributed by atoms with van der Waals surface area (Å²) in [5, 5.41) is 2.70. The smallest absolute Gasteiger partial charge is 0.341 e. The van der Waals surface area contributed by atoms with E-state index in [1.165, 1.54) is 7.11 Å². The number of rotatable bonds is 8. The number of amides is 1. The Hall–Kier alpha value is -3.79. The Bertz CT molecular complexity index is 1280. The standard InChI is InChI=1S/C24H21F2NO6S/c1-15-8-13-20(32-2)19(14-15)27-22(28)21(16-6-4-3-5-7-16)33-23(29)17-9-11-18(12-10-17)34(30,31)24(25)26/h3-14,21,24H,1-2H3,(H,27,28). The van der Waals surface area contributed by atoms with Crippen LogP contribution < -0.4 is 10.1 Å². The Kier molecular flexibility index (Phi) is 7.62. The minimum atomic E-state index is -4.81. The van der Waals surface area contributed by atoms with Gasteiger partial charge in [-0.1, -0.05) is 36.4 Å². The summed E-state index contributed by atoms with van der Waals surface area (Å²) >= 11 is 0. The number of methoxy groups -OCH3 is 1. The van der Waals surface area contributed by atoms with E-state index in [-0.39, 0.29) is 5.56 Å². The van der Waals surface area contributed by atoms with E-state index in [4.69, 9.17) is 9.47 Å². The summed E-state index contributed by atoms with van der Waals surface area (Å²) in [4.78, 5) is 25.2. The van der Waals surface area contributed by atoms with Gasteiger partial charge in [-0.15, -0.1) is 0 Å². The molecule has 3 aromatic rings. The molecule has 0 saturated heterocycles. The molecule has 1 atom stereocenters. The van der Waals surface area contributed by atoms with E-state index >= 15 is 0 Å². The van der Waals surface area contributed by atoms with Crippen molar-refractivity contribution in [1.29, 1.82) is 0 Å². The van der Waals surface area contributed by atoms with Crippen LogP contribution in [0.2, 0.25) is 0 Å². The Morgan fingerprint density at radius 2 is 1.59 bits per heavy atom. The molecule has 0 heterocycles. The zero-order chi connectivity index (χ0) is 24.9. The lowest BCUT2D eigenvalue weighted by atomic mass is 10.1. The lowest BCUT2D eigenvalue weighted by Crippen LogP contribution is -2.26. The number of hydrogen-bond donors (Lipinski definition) is 1. The second kappa shape index (κ2) is 10.4. The first-order valence-electron chi connectivity index (χ1n) is 9.97. The van der Waals surface area contributed by atoms with Crippen molar-refractivity contribution in [3.63, 3.8) is 0 Å². The van der Waals surface area contributed by atoms with Crippen LogP contribution in [0, 0.1) is 6.92 Å². The third-order valence-corrected chi connectivity index (χ3v) is 6.23. The molecular weight excluding hydrogens is 468 g/mol. The molecule has 0 fully saturated rings. The summed E-state index contributed by atoms with van der Waals surface area (Å²) in [6, 6.07) is 17.3. The zero-order valence-electron chi connectivity index (χ0n) is 18.2. The molecule has 0 spiro atoms. The predicted molar refractivity (Wildman–Crippen MR) is 121 cm³/mol. The van der Waals surface area contributed by atoms with Crippen molar-refractivity contribution in [2.24, 2.45) is 0 Å². The molecular formula is C24H21F2NO6S. The van der Waals surface area contributed by atoms with Crippen molar-refractivity contribution in [1.82, 2.24) is 0 Å². The Morgan fingerprint density at radius 3 is 2.18 bits per heavy atom. The van der Waals surface area contributed by atoms with E-state index in [9.17, 15) is 26.8 Å². The SMILES string of the molecule is COc1ccc(C)cc1NC(=O)C(OC(=O)c1ccc(S(=O)(=O)C(F)F)cc1)c1ccccc1. The number of aryl methyl sites for hydroxylation is 1. The summed E-state index contributed by atoms with van der Waals surface area (Å²) in [5.74, 6) is -4.77. The maximum absolute atomic E-state index is 13.1. The summed E-state index contributed by atoms with van der Waals surface area (Å²) in [6.45, 7) is 1.84. The Balaban J connectivity index is 1.87. The fourth-order valence-electron chi connectivity index (χ4n) is 3.08. The highest BCUT2D eigenvalue weighted by Crippen LogP contribution is 2.28. The number of halogens is 2. The van der Waals surface area contributed by atoms with Gasteiger partial charge < -0.3 is 14.8 Å². The van der Waals surface area contributed by atoms with Crippen LogP contribution in [0.5, 0.6) is 5.75 Å². The Morgan fingerprint density at radius 1 is 0.941 bits per heavy atom. The largest absolute Gasteiger partial charge is 0.495 e. The molecule has 10 heteroatoms. The molecule has 0 aliphatic carbocycles. The van der Waals surface area contributed by atoms with Gasteiger partial charge in [0.1, 0.15) is 5.75 Å². The summed E-state index contributed by atoms with van der Waals surface area (Å²) in [5.41, 5.74) is 1.51. The number of carbonyl (C=O) groups is 2. The van der Waals surface area contributed by atoms with Crippen LogP contribution in [0.25, 0.3) is 0 Å². The number of hydrogen-bond acceptors (Lipinski definition) is 6. The number of carbonyl (C=O) groups excluding carboxylic acids is 2. The van der Waals surface area contributed by atoms with Crippen LogP contribution in [0.15, 0.2) is 77.7 Å². The minimum Gasteiger partial charge on any atom is -0.495 e. The number of ether oxygens (including phenoxy) is 2. The fourth-order valence-corrected chi connectivity index (χ4v) is 3.80. The molecule has 0 saturated carbocycles. The van der Waals surface area contributed by atoms with E-state index < -0.39 is 38.5 Å². The molecule has 7 nitrogen and oxygen atoms in total. The van der Waals surface area contributed by atoms with E-state index in [1.54, 1.807) is 48.5 Å². The number of anilines is 1. The maximum Gasteiger partial charge on any atom is 0.341 e. The molecule has 0 aliphatic rings. The maximum atomic E-state index is 13.1. The average molecular weight is 489 g/mol. The number of esters is 1. The molecule has 1 N–H and O–H groups in total. The van der Waals surface area contributed by atoms with Crippen molar-refractivity contribution >= 4 is 27.4 Å². The molecule has 0 radical (unpaired) electrons. The summed E-state index contributed by atoms with van der Waals surface area (Å²) < 4.78 is 59.3. The van der Waals surface area contributed by atoms with Gasteiger partial charge in [0.25, 0.3) is 5.91 Å². The third-order valence-electron chi connectivity index (χ3n) is 4.83. The van der Waals surface area contributed by atoms with Gasteiger partial charge in [0.05, 0.1) is 23.3 Å². The van der Waals surface area contributed by atoms with Crippen molar-refractivity contribution in [2.75, 3.05) is 12.4 Å². The molecule has 0 aromatic heterocycles. The summed E-state index contributed by atoms with van der Waals surface area (Å²) in [7, 11) is -3.35. The third kappa shape index (κ3) is 5.57. The second-order valence-corrected chi connectivity index (χ2v) is 9.14. The highest BCUT2D eigenvalue weighted by atomic mass is 32.2. The highest BCUT2D eigenvalue weighted by molar-refractivity contribution is 7.91. The van der Waals surface area contributed by atoms with Crippen molar-refractivity contribution in [2.45, 2.75) is 23.7 Å². The van der Waals surface area contributed by atoms with Gasteiger partial charge in [-0.05, 0) is 48.9 Å². The number of sulfone groups is 1. The van der Waals surface area contributed by atoms with Crippen LogP contribution in [-0.4, -0.2) is 33.2 Å². The lowest BCUT2D eigenvalue weighted by Gasteiger charge is -2.19. The topological polar surface area (TPSA) is 98.8 Å². The normalized spacial score (nSPS) is 12.1. The van der Waals surface area contributed by atoms with Crippen LogP contribution in [-0.2, 0) is 19.4 Å². The molecule has 34 heavy (non-hydrogen) atoms. The predicted octanol–water partition coefficient (Wildman–Crippen LogP) is 4.54. The van der Waals surface area contributed by atoms with Crippen molar-refractivity contribution in [3.8, 4) is 5.75 Å². The molecule has 1 amide bonds. The molecule has 0 aliphatic heterocycles. The Labute approximate surface area is 195 Å². The first-order valence-corrected chi connectivity index (χ1v) is 11.5. The molecule has 0 bridgehead atoms. The fraction of sp³-hybridized carbons (Fsp3) is 0.167. The van der Waals surface area contributed by atoms with Gasteiger partial charge in [-0.25, -0.2) is 13.2 Å². The second-order valence-electron chi connectivity index (χ2n) is 7.22. The van der Waals surface area contributed by atoms with E-state index in [2.05, 4.69) is 5.32 Å². The highest BCUT2D eigenvalue weighted by Gasteiger charge is 2.29.